The van der Waals surface area contributed by atoms with Crippen LogP contribution >= 0.6 is 11.8 Å². The third-order valence-corrected chi connectivity index (χ3v) is 5.96. The molecule has 2 aromatic carbocycles. The van der Waals surface area contributed by atoms with Crippen LogP contribution in [0.3, 0.4) is 0 Å². The highest BCUT2D eigenvalue weighted by Crippen LogP contribution is 2.31. The average molecular weight is 461 g/mol. The fourth-order valence-electron chi connectivity index (χ4n) is 3.52. The van der Waals surface area contributed by atoms with Crippen molar-refractivity contribution in [3.8, 4) is 22.9 Å². The summed E-state index contributed by atoms with van der Waals surface area (Å²) < 4.78 is 35.5. The van der Waals surface area contributed by atoms with E-state index in [0.717, 1.165) is 29.8 Å². The summed E-state index contributed by atoms with van der Waals surface area (Å²) in [6.07, 6.45) is 1.77. The van der Waals surface area contributed by atoms with Gasteiger partial charge in [0.15, 0.2) is 5.82 Å². The van der Waals surface area contributed by atoms with E-state index in [1.54, 1.807) is 24.1 Å². The highest BCUT2D eigenvalue weighted by atomic mass is 32.2. The Kier molecular flexibility index (Phi) is 6.45. The van der Waals surface area contributed by atoms with Crippen molar-refractivity contribution in [2.45, 2.75) is 24.6 Å². The molecule has 3 aromatic rings. The average Bonchev–Trinajstić information content (AvgIpc) is 3.17. The molecule has 0 aliphatic carbocycles. The molecule has 11 heteroatoms. The highest BCUT2D eigenvalue weighted by Gasteiger charge is 2.24. The second-order valence-corrected chi connectivity index (χ2v) is 7.95. The minimum Gasteiger partial charge on any atom is -0.497 e. The van der Waals surface area contributed by atoms with E-state index in [-0.39, 0.29) is 17.4 Å². The zero-order valence-electron chi connectivity index (χ0n) is 17.2. The molecule has 0 radical (unpaired) electrons. The van der Waals surface area contributed by atoms with Crippen LogP contribution in [0.15, 0.2) is 47.6 Å². The number of halogens is 2. The zero-order valence-corrected chi connectivity index (χ0v) is 18.0. The first-order valence-corrected chi connectivity index (χ1v) is 10.8. The number of methoxy groups -OCH3 is 1. The van der Waals surface area contributed by atoms with Gasteiger partial charge in [0.25, 0.3) is 0 Å². The van der Waals surface area contributed by atoms with Crippen LogP contribution in [0.2, 0.25) is 0 Å². The number of nitrogens with zero attached hydrogens (tertiary/aromatic N) is 4. The van der Waals surface area contributed by atoms with Crippen molar-refractivity contribution < 1.29 is 23.0 Å². The number of anilines is 1. The molecule has 8 nitrogen and oxygen atoms in total. The van der Waals surface area contributed by atoms with Crippen LogP contribution in [0.4, 0.5) is 14.5 Å². The molecular weight excluding hydrogens is 440 g/mol. The maximum Gasteiger partial charge on any atom is 0.387 e. The Morgan fingerprint density at radius 2 is 1.94 bits per heavy atom. The van der Waals surface area contributed by atoms with E-state index in [1.165, 1.54) is 28.6 Å². The predicted molar refractivity (Wildman–Crippen MR) is 117 cm³/mol. The lowest BCUT2D eigenvalue weighted by atomic mass is 10.0. The summed E-state index contributed by atoms with van der Waals surface area (Å²) in [5.74, 6) is 7.34. The van der Waals surface area contributed by atoms with E-state index in [4.69, 9.17) is 10.6 Å². The number of rotatable bonds is 7. The molecule has 1 aliphatic heterocycles. The fourth-order valence-corrected chi connectivity index (χ4v) is 4.25. The summed E-state index contributed by atoms with van der Waals surface area (Å²) in [5.41, 5.74) is 2.56. The third kappa shape index (κ3) is 4.62. The van der Waals surface area contributed by atoms with Crippen molar-refractivity contribution in [2.24, 2.45) is 0 Å². The van der Waals surface area contributed by atoms with Crippen molar-refractivity contribution in [3.63, 3.8) is 0 Å². The van der Waals surface area contributed by atoms with Gasteiger partial charge < -0.3 is 20.2 Å². The Morgan fingerprint density at radius 3 is 2.66 bits per heavy atom. The molecule has 0 saturated carbocycles. The number of ether oxygens (including phenoxy) is 2. The van der Waals surface area contributed by atoms with E-state index >= 15 is 0 Å². The number of nitrogen functional groups attached to an aromatic ring is 1. The lowest BCUT2D eigenvalue weighted by molar-refractivity contribution is -0.116. The van der Waals surface area contributed by atoms with Crippen molar-refractivity contribution in [1.82, 2.24) is 14.9 Å². The summed E-state index contributed by atoms with van der Waals surface area (Å²) in [7, 11) is 1.62. The monoisotopic (exact) mass is 461 g/mol. The van der Waals surface area contributed by atoms with E-state index in [2.05, 4.69) is 14.9 Å². The van der Waals surface area contributed by atoms with Gasteiger partial charge in [-0.1, -0.05) is 11.8 Å². The maximum atomic E-state index is 12.9. The van der Waals surface area contributed by atoms with Gasteiger partial charge in [0.2, 0.25) is 11.1 Å². The van der Waals surface area contributed by atoms with Gasteiger partial charge in [0.05, 0.1) is 12.9 Å². The lowest BCUT2D eigenvalue weighted by Crippen LogP contribution is -2.36. The maximum absolute atomic E-state index is 12.9. The number of hydrogen-bond donors (Lipinski definition) is 1. The molecule has 0 fully saturated rings. The molecule has 0 spiro atoms. The highest BCUT2D eigenvalue weighted by molar-refractivity contribution is 7.99. The normalized spacial score (nSPS) is 13.2. The second kappa shape index (κ2) is 9.43. The van der Waals surface area contributed by atoms with Crippen molar-refractivity contribution >= 4 is 23.4 Å². The van der Waals surface area contributed by atoms with E-state index in [1.807, 2.05) is 18.2 Å². The molecule has 0 unspecified atom stereocenters. The molecule has 0 atom stereocenters. The second-order valence-electron chi connectivity index (χ2n) is 7.01. The largest absolute Gasteiger partial charge is 0.497 e. The van der Waals surface area contributed by atoms with Gasteiger partial charge in [-0.3, -0.25) is 4.79 Å². The van der Waals surface area contributed by atoms with Gasteiger partial charge >= 0.3 is 6.61 Å². The minimum atomic E-state index is -2.89. The van der Waals surface area contributed by atoms with Crippen LogP contribution in [0.25, 0.3) is 11.4 Å². The molecule has 4 rings (SSSR count). The van der Waals surface area contributed by atoms with Crippen LogP contribution in [0.1, 0.15) is 12.0 Å². The number of aryl methyl sites for hydroxylation is 1. The quantitative estimate of drug-likeness (QED) is 0.426. The van der Waals surface area contributed by atoms with Crippen LogP contribution in [0, 0.1) is 0 Å². The summed E-state index contributed by atoms with van der Waals surface area (Å²) in [4.78, 5) is 14.7. The Morgan fingerprint density at radius 1 is 1.19 bits per heavy atom. The third-order valence-electron chi connectivity index (χ3n) is 5.03. The van der Waals surface area contributed by atoms with E-state index in [0.29, 0.717) is 23.1 Å². The number of fused-ring (bicyclic) bond motifs is 1. The van der Waals surface area contributed by atoms with Crippen LogP contribution in [-0.4, -0.2) is 46.8 Å². The van der Waals surface area contributed by atoms with Crippen LogP contribution in [0.5, 0.6) is 11.5 Å². The Balaban J connectivity index is 1.43. The number of aromatic nitrogens is 3. The number of alkyl halides is 2. The van der Waals surface area contributed by atoms with Gasteiger partial charge in [-0.25, -0.2) is 4.68 Å². The Labute approximate surface area is 187 Å². The number of nitrogens with two attached hydrogens (primary N) is 1. The van der Waals surface area contributed by atoms with E-state index < -0.39 is 6.61 Å². The number of carbonyl (C=O) groups excluding carboxylic acids is 1. The van der Waals surface area contributed by atoms with Gasteiger partial charge in [0, 0.05) is 17.8 Å². The summed E-state index contributed by atoms with van der Waals surface area (Å²) in [6, 6.07) is 11.6. The van der Waals surface area contributed by atoms with Crippen molar-refractivity contribution in [1.29, 1.82) is 0 Å². The molecule has 2 heterocycles. The van der Waals surface area contributed by atoms with Gasteiger partial charge in [-0.05, 0) is 60.9 Å². The number of benzene rings is 2. The van der Waals surface area contributed by atoms with Gasteiger partial charge in [-0.15, -0.1) is 10.2 Å². The smallest absolute Gasteiger partial charge is 0.387 e. The molecule has 32 heavy (non-hydrogen) atoms. The van der Waals surface area contributed by atoms with E-state index in [9.17, 15) is 13.6 Å². The summed E-state index contributed by atoms with van der Waals surface area (Å²) in [5, 5.41) is 8.49. The first-order valence-electron chi connectivity index (χ1n) is 9.82. The fraction of sp³-hybridized carbons (Fsp3) is 0.286. The van der Waals surface area contributed by atoms with Gasteiger partial charge in [0.1, 0.15) is 11.5 Å². The first kappa shape index (κ1) is 21.9. The first-order chi connectivity index (χ1) is 15.5. The lowest BCUT2D eigenvalue weighted by Gasteiger charge is -2.29. The molecule has 0 saturated heterocycles. The number of carbonyl (C=O) groups is 1. The zero-order chi connectivity index (χ0) is 22.7. The predicted octanol–water partition coefficient (Wildman–Crippen LogP) is 3.34. The van der Waals surface area contributed by atoms with Crippen molar-refractivity contribution in [2.75, 3.05) is 30.1 Å². The summed E-state index contributed by atoms with van der Waals surface area (Å²) in [6.45, 7) is -2.25. The SMILES string of the molecule is COc1ccc2c(c1)CCCN2C(=O)CSc1nnc(-c2ccc(OC(F)F)cc2)n1N. The minimum absolute atomic E-state index is 0.0338. The molecular formula is C21H21F2N5O3S. The molecule has 168 valence electrons. The number of thioether (sulfide) groups is 1. The molecule has 2 N–H and O–H groups in total. The topological polar surface area (TPSA) is 95.5 Å². The van der Waals surface area contributed by atoms with Crippen LogP contribution < -0.4 is 20.2 Å². The molecule has 1 amide bonds. The Hall–Kier alpha value is -3.34. The molecule has 1 aromatic heterocycles. The van der Waals surface area contributed by atoms with Gasteiger partial charge in [-0.2, -0.15) is 8.78 Å². The van der Waals surface area contributed by atoms with Crippen LogP contribution in [-0.2, 0) is 11.2 Å². The Bertz CT molecular complexity index is 1110. The number of amides is 1. The number of hydrogen-bond acceptors (Lipinski definition) is 7. The van der Waals surface area contributed by atoms with Crippen molar-refractivity contribution in [3.05, 3.63) is 48.0 Å². The molecule has 1 aliphatic rings. The standard InChI is InChI=1S/C21H21F2N5O3S/c1-30-16-8-9-17-14(11-16)3-2-10-27(17)18(29)12-32-21-26-25-19(28(21)24)13-4-6-15(7-5-13)31-20(22)23/h4-9,11,20H,2-3,10,12,24H2,1H3. The molecule has 0 bridgehead atoms. The summed E-state index contributed by atoms with van der Waals surface area (Å²) >= 11 is 1.18.